The zero-order chi connectivity index (χ0) is 20.4. The minimum absolute atomic E-state index is 0.155. The van der Waals surface area contributed by atoms with E-state index in [1.807, 2.05) is 42.6 Å². The topological polar surface area (TPSA) is 81.4 Å². The molecule has 0 unspecified atom stereocenters. The van der Waals surface area contributed by atoms with Gasteiger partial charge in [0.15, 0.2) is 0 Å². The number of fused-ring (bicyclic) bond motifs is 1. The molecule has 0 aliphatic rings. The van der Waals surface area contributed by atoms with E-state index < -0.39 is 5.63 Å². The molecule has 146 valence electrons. The number of rotatable bonds is 5. The third-order valence-electron chi connectivity index (χ3n) is 4.47. The summed E-state index contributed by atoms with van der Waals surface area (Å²) in [5.41, 5.74) is 3.11. The van der Waals surface area contributed by atoms with Crippen LogP contribution in [0.5, 0.6) is 5.75 Å². The smallest absolute Gasteiger partial charge is 0.336 e. The molecule has 0 bridgehead atoms. The lowest BCUT2D eigenvalue weighted by molar-refractivity contribution is -0.115. The zero-order valence-electron chi connectivity index (χ0n) is 15.9. The van der Waals surface area contributed by atoms with E-state index in [0.717, 1.165) is 27.3 Å². The van der Waals surface area contributed by atoms with Crippen molar-refractivity contribution >= 4 is 33.9 Å². The van der Waals surface area contributed by atoms with E-state index in [1.54, 1.807) is 19.2 Å². The molecule has 4 aromatic rings. The molecule has 1 amide bonds. The van der Waals surface area contributed by atoms with Crippen molar-refractivity contribution in [2.45, 2.75) is 13.3 Å². The van der Waals surface area contributed by atoms with Gasteiger partial charge in [0.25, 0.3) is 0 Å². The number of aryl methyl sites for hydroxylation is 1. The summed E-state index contributed by atoms with van der Waals surface area (Å²) >= 11 is 1.49. The number of benzene rings is 2. The lowest BCUT2D eigenvalue weighted by Gasteiger charge is -2.06. The summed E-state index contributed by atoms with van der Waals surface area (Å²) < 4.78 is 10.4. The van der Waals surface area contributed by atoms with Crippen LogP contribution in [0.3, 0.4) is 0 Å². The van der Waals surface area contributed by atoms with Crippen LogP contribution in [0, 0.1) is 6.92 Å². The van der Waals surface area contributed by atoms with Crippen LogP contribution >= 0.6 is 11.3 Å². The van der Waals surface area contributed by atoms with Crippen molar-refractivity contribution in [1.29, 1.82) is 0 Å². The van der Waals surface area contributed by atoms with E-state index in [0.29, 0.717) is 17.0 Å². The van der Waals surface area contributed by atoms with Crippen LogP contribution in [-0.2, 0) is 11.2 Å². The Morgan fingerprint density at radius 1 is 1.17 bits per heavy atom. The Hall–Kier alpha value is -3.45. The molecule has 0 fully saturated rings. The number of carbonyl (C=O) groups excluding carboxylic acids is 1. The number of ether oxygens (including phenoxy) is 1. The van der Waals surface area contributed by atoms with Gasteiger partial charge in [-0.05, 0) is 48.9 Å². The summed E-state index contributed by atoms with van der Waals surface area (Å²) in [7, 11) is 1.62. The third-order valence-corrected chi connectivity index (χ3v) is 5.41. The highest BCUT2D eigenvalue weighted by molar-refractivity contribution is 7.13. The Balaban J connectivity index is 1.46. The number of nitrogens with one attached hydrogen (secondary N) is 1. The summed E-state index contributed by atoms with van der Waals surface area (Å²) in [5, 5.41) is 6.39. The molecule has 1 N–H and O–H groups in total. The van der Waals surface area contributed by atoms with Crippen LogP contribution in [0.25, 0.3) is 21.5 Å². The summed E-state index contributed by atoms with van der Waals surface area (Å²) in [4.78, 5) is 28.5. The first-order valence-electron chi connectivity index (χ1n) is 8.95. The number of aromatic nitrogens is 1. The maximum absolute atomic E-state index is 12.4. The van der Waals surface area contributed by atoms with Crippen molar-refractivity contribution in [1.82, 2.24) is 4.98 Å². The molecule has 0 radical (unpaired) electrons. The van der Waals surface area contributed by atoms with Gasteiger partial charge in [-0.2, -0.15) is 0 Å². The molecule has 0 aliphatic carbocycles. The van der Waals surface area contributed by atoms with E-state index >= 15 is 0 Å². The van der Waals surface area contributed by atoms with Crippen LogP contribution in [-0.4, -0.2) is 18.0 Å². The number of carbonyl (C=O) groups is 1. The molecule has 6 nitrogen and oxygen atoms in total. The molecular weight excluding hydrogens is 388 g/mol. The van der Waals surface area contributed by atoms with Gasteiger partial charge in [0.1, 0.15) is 16.3 Å². The van der Waals surface area contributed by atoms with E-state index in [2.05, 4.69) is 10.3 Å². The van der Waals surface area contributed by atoms with Crippen molar-refractivity contribution < 1.29 is 13.9 Å². The van der Waals surface area contributed by atoms with Crippen molar-refractivity contribution in [3.8, 4) is 16.3 Å². The first-order valence-corrected chi connectivity index (χ1v) is 9.83. The molecule has 0 atom stereocenters. The number of thiazole rings is 1. The fraction of sp³-hybridized carbons (Fsp3) is 0.136. The summed E-state index contributed by atoms with van der Waals surface area (Å²) in [6.45, 7) is 1.85. The monoisotopic (exact) mass is 406 g/mol. The lowest BCUT2D eigenvalue weighted by atomic mass is 10.1. The maximum atomic E-state index is 12.4. The standard InChI is InChI=1S/C22H18N2O4S/c1-13-9-21(26)28-19-10-15(5-8-18(13)19)23-20(25)11-16-12-29-22(24-16)14-3-6-17(27-2)7-4-14/h3-10,12H,11H2,1-2H3,(H,23,25). The van der Waals surface area contributed by atoms with Crippen molar-refractivity contribution in [3.05, 3.63) is 75.6 Å². The molecule has 4 rings (SSSR count). The predicted molar refractivity (Wildman–Crippen MR) is 114 cm³/mol. The molecule has 2 heterocycles. The van der Waals surface area contributed by atoms with E-state index in [1.165, 1.54) is 17.4 Å². The van der Waals surface area contributed by atoms with Gasteiger partial charge in [-0.15, -0.1) is 11.3 Å². The minimum atomic E-state index is -0.410. The Kier molecular flexibility index (Phi) is 5.14. The van der Waals surface area contributed by atoms with E-state index in [4.69, 9.17) is 9.15 Å². The van der Waals surface area contributed by atoms with Crippen LogP contribution in [0.15, 0.2) is 63.1 Å². The van der Waals surface area contributed by atoms with Gasteiger partial charge >= 0.3 is 5.63 Å². The Labute approximate surface area is 170 Å². The van der Waals surface area contributed by atoms with Crippen molar-refractivity contribution in [2.24, 2.45) is 0 Å². The largest absolute Gasteiger partial charge is 0.497 e. The quantitative estimate of drug-likeness (QED) is 0.496. The van der Waals surface area contributed by atoms with Gasteiger partial charge < -0.3 is 14.5 Å². The van der Waals surface area contributed by atoms with E-state index in [-0.39, 0.29) is 12.3 Å². The molecule has 0 saturated carbocycles. The predicted octanol–water partition coefficient (Wildman–Crippen LogP) is 4.41. The van der Waals surface area contributed by atoms with Crippen molar-refractivity contribution in [2.75, 3.05) is 12.4 Å². The minimum Gasteiger partial charge on any atom is -0.497 e. The summed E-state index contributed by atoms with van der Waals surface area (Å²) in [6, 6.07) is 14.4. The fourth-order valence-corrected chi connectivity index (χ4v) is 3.85. The molecule has 2 aromatic carbocycles. The number of hydrogen-bond donors (Lipinski definition) is 1. The SMILES string of the molecule is COc1ccc(-c2nc(CC(=O)Nc3ccc4c(C)cc(=O)oc4c3)cs2)cc1. The number of methoxy groups -OCH3 is 1. The number of anilines is 1. The second kappa shape index (κ2) is 7.89. The molecule has 29 heavy (non-hydrogen) atoms. The Bertz CT molecular complexity index is 1240. The number of nitrogens with zero attached hydrogens (tertiary/aromatic N) is 1. The van der Waals surface area contributed by atoms with Crippen LogP contribution in [0.2, 0.25) is 0 Å². The van der Waals surface area contributed by atoms with Crippen molar-refractivity contribution in [3.63, 3.8) is 0 Å². The van der Waals surface area contributed by atoms with E-state index in [9.17, 15) is 9.59 Å². The zero-order valence-corrected chi connectivity index (χ0v) is 16.7. The molecule has 0 aliphatic heterocycles. The highest BCUT2D eigenvalue weighted by Crippen LogP contribution is 2.26. The summed E-state index contributed by atoms with van der Waals surface area (Å²) in [5.74, 6) is 0.595. The first-order chi connectivity index (χ1) is 14.0. The average Bonchev–Trinajstić information content (AvgIpc) is 3.16. The third kappa shape index (κ3) is 4.20. The fourth-order valence-electron chi connectivity index (χ4n) is 3.03. The molecular formula is C22H18N2O4S. The number of hydrogen-bond acceptors (Lipinski definition) is 6. The Morgan fingerprint density at radius 3 is 2.72 bits per heavy atom. The van der Waals surface area contributed by atoms with Gasteiger partial charge in [0.05, 0.1) is 19.2 Å². The van der Waals surface area contributed by atoms with Gasteiger partial charge in [-0.1, -0.05) is 0 Å². The lowest BCUT2D eigenvalue weighted by Crippen LogP contribution is -2.14. The van der Waals surface area contributed by atoms with Gasteiger partial charge in [-0.3, -0.25) is 4.79 Å². The van der Waals surface area contributed by atoms with Gasteiger partial charge in [0, 0.05) is 34.1 Å². The first kappa shape index (κ1) is 18.9. The second-order valence-corrected chi connectivity index (χ2v) is 7.41. The number of amides is 1. The summed E-state index contributed by atoms with van der Waals surface area (Å²) in [6.07, 6.45) is 0.155. The average molecular weight is 406 g/mol. The molecule has 0 saturated heterocycles. The maximum Gasteiger partial charge on any atom is 0.336 e. The van der Waals surface area contributed by atoms with Gasteiger partial charge in [-0.25, -0.2) is 9.78 Å². The Morgan fingerprint density at radius 2 is 1.97 bits per heavy atom. The van der Waals surface area contributed by atoms with Crippen LogP contribution in [0.1, 0.15) is 11.3 Å². The molecule has 0 spiro atoms. The van der Waals surface area contributed by atoms with Crippen LogP contribution in [0.4, 0.5) is 5.69 Å². The highest BCUT2D eigenvalue weighted by atomic mass is 32.1. The highest BCUT2D eigenvalue weighted by Gasteiger charge is 2.11. The second-order valence-electron chi connectivity index (χ2n) is 6.56. The van der Waals surface area contributed by atoms with Gasteiger partial charge in [0.2, 0.25) is 5.91 Å². The normalized spacial score (nSPS) is 10.8. The molecule has 2 aromatic heterocycles. The van der Waals surface area contributed by atoms with Crippen LogP contribution < -0.4 is 15.7 Å². The molecule has 7 heteroatoms.